The van der Waals surface area contributed by atoms with Crippen molar-refractivity contribution in [2.24, 2.45) is 0 Å². The summed E-state index contributed by atoms with van der Waals surface area (Å²) in [7, 11) is 0. The number of aryl methyl sites for hydroxylation is 1. The van der Waals surface area contributed by atoms with E-state index in [9.17, 15) is 24.5 Å². The van der Waals surface area contributed by atoms with E-state index in [1.54, 1.807) is 42.5 Å². The third-order valence-electron chi connectivity index (χ3n) is 9.01. The number of benzene rings is 6. The smallest absolute Gasteiger partial charge is 0.272 e. The van der Waals surface area contributed by atoms with E-state index >= 15 is 0 Å². The van der Waals surface area contributed by atoms with Gasteiger partial charge in [-0.25, -0.2) is 0 Å². The predicted octanol–water partition coefficient (Wildman–Crippen LogP) is 9.60. The van der Waals surface area contributed by atoms with E-state index in [-0.39, 0.29) is 17.3 Å². The quantitative estimate of drug-likeness (QED) is 0.0494. The molecule has 6 aromatic carbocycles. The Morgan fingerprint density at radius 1 is 0.727 bits per heavy atom. The van der Waals surface area contributed by atoms with Crippen molar-refractivity contribution in [3.8, 4) is 0 Å². The molecule has 10 nitrogen and oxygen atoms in total. The molecule has 3 amide bonds. The Bertz CT molecular complexity index is 2550. The SMILES string of the molecule is CCn1c2ccccc2c2cc(NC(=O)C(Sc3ccc(NC(=O)/C(=C/c4ccc([N+](=O)[O-])cc4)NC(=O)c4ccccc4)cc3)c3ccccc3)ccc21. The van der Waals surface area contributed by atoms with Gasteiger partial charge >= 0.3 is 0 Å². The van der Waals surface area contributed by atoms with E-state index in [1.165, 1.54) is 42.1 Å². The number of fused-ring (bicyclic) bond motifs is 3. The van der Waals surface area contributed by atoms with Crippen molar-refractivity contribution in [2.45, 2.75) is 23.6 Å². The Labute approximate surface area is 321 Å². The monoisotopic (exact) mass is 745 g/mol. The van der Waals surface area contributed by atoms with E-state index in [2.05, 4.69) is 39.6 Å². The number of nitro groups is 1. The maximum Gasteiger partial charge on any atom is 0.272 e. The minimum absolute atomic E-state index is 0.0561. The lowest BCUT2D eigenvalue weighted by Gasteiger charge is -2.18. The number of nitrogens with one attached hydrogen (secondary N) is 3. The molecule has 0 aliphatic rings. The van der Waals surface area contributed by atoms with Gasteiger partial charge in [0.2, 0.25) is 5.91 Å². The van der Waals surface area contributed by atoms with Gasteiger partial charge in [0, 0.05) is 62.3 Å². The molecule has 0 saturated carbocycles. The summed E-state index contributed by atoms with van der Waals surface area (Å²) in [4.78, 5) is 52.0. The largest absolute Gasteiger partial charge is 0.341 e. The van der Waals surface area contributed by atoms with Gasteiger partial charge in [0.1, 0.15) is 10.9 Å². The predicted molar refractivity (Wildman–Crippen MR) is 219 cm³/mol. The average molecular weight is 746 g/mol. The molecule has 7 aromatic rings. The van der Waals surface area contributed by atoms with Crippen LogP contribution < -0.4 is 16.0 Å². The number of thioether (sulfide) groups is 1. The van der Waals surface area contributed by atoms with Gasteiger partial charge in [0.05, 0.1) is 4.92 Å². The molecule has 0 fully saturated rings. The van der Waals surface area contributed by atoms with Crippen LogP contribution in [-0.2, 0) is 16.1 Å². The van der Waals surface area contributed by atoms with Crippen molar-refractivity contribution < 1.29 is 19.3 Å². The van der Waals surface area contributed by atoms with Crippen molar-refractivity contribution in [3.63, 3.8) is 0 Å². The highest BCUT2D eigenvalue weighted by molar-refractivity contribution is 8.00. The number of amides is 3. The van der Waals surface area contributed by atoms with Gasteiger partial charge in [0.15, 0.2) is 0 Å². The number of nitrogens with zero attached hydrogens (tertiary/aromatic N) is 2. The van der Waals surface area contributed by atoms with Crippen LogP contribution in [0.25, 0.3) is 27.9 Å². The fourth-order valence-electron chi connectivity index (χ4n) is 6.33. The highest BCUT2D eigenvalue weighted by Crippen LogP contribution is 2.38. The average Bonchev–Trinajstić information content (AvgIpc) is 3.53. The van der Waals surface area contributed by atoms with Crippen LogP contribution in [0, 0.1) is 10.1 Å². The Morgan fingerprint density at radius 3 is 2.05 bits per heavy atom. The number of rotatable bonds is 12. The fourth-order valence-corrected chi connectivity index (χ4v) is 7.36. The molecule has 0 spiro atoms. The molecule has 1 heterocycles. The summed E-state index contributed by atoms with van der Waals surface area (Å²) in [5.74, 6) is -1.26. The van der Waals surface area contributed by atoms with Crippen molar-refractivity contribution in [2.75, 3.05) is 10.6 Å². The number of carbonyl (C=O) groups excluding carboxylic acids is 3. The molecule has 0 bridgehead atoms. The first-order valence-electron chi connectivity index (χ1n) is 17.5. The van der Waals surface area contributed by atoms with Crippen molar-refractivity contribution in [1.82, 2.24) is 9.88 Å². The first-order chi connectivity index (χ1) is 26.8. The molecule has 0 radical (unpaired) electrons. The Morgan fingerprint density at radius 2 is 1.36 bits per heavy atom. The molecule has 7 rings (SSSR count). The van der Waals surface area contributed by atoms with Crippen LogP contribution in [0.3, 0.4) is 0 Å². The van der Waals surface area contributed by atoms with Crippen molar-refractivity contribution in [3.05, 3.63) is 184 Å². The normalized spacial score (nSPS) is 11.9. The molecule has 55 heavy (non-hydrogen) atoms. The molecule has 1 atom stereocenters. The van der Waals surface area contributed by atoms with Crippen molar-refractivity contribution >= 4 is 74.4 Å². The summed E-state index contributed by atoms with van der Waals surface area (Å²) in [6.07, 6.45) is 1.45. The molecule has 0 aliphatic heterocycles. The first kappa shape index (κ1) is 36.4. The van der Waals surface area contributed by atoms with Gasteiger partial charge in [-0.2, -0.15) is 0 Å². The van der Waals surface area contributed by atoms with Crippen LogP contribution in [0.4, 0.5) is 17.1 Å². The summed E-state index contributed by atoms with van der Waals surface area (Å²) in [6.45, 7) is 2.95. The molecule has 1 aromatic heterocycles. The lowest BCUT2D eigenvalue weighted by molar-refractivity contribution is -0.384. The summed E-state index contributed by atoms with van der Waals surface area (Å²) in [6, 6.07) is 45.0. The molecular formula is C44H35N5O5S. The number of hydrogen-bond acceptors (Lipinski definition) is 6. The van der Waals surface area contributed by atoms with Crippen molar-refractivity contribution in [1.29, 1.82) is 0 Å². The van der Waals surface area contributed by atoms with Gasteiger partial charge in [-0.05, 0) is 96.9 Å². The van der Waals surface area contributed by atoms with Gasteiger partial charge in [0.25, 0.3) is 17.5 Å². The fraction of sp³-hybridized carbons (Fsp3) is 0.0682. The number of non-ortho nitro benzene ring substituents is 1. The van der Waals surface area contributed by atoms with E-state index in [1.807, 2.05) is 72.8 Å². The Balaban J connectivity index is 1.09. The maximum absolute atomic E-state index is 14.0. The van der Waals surface area contributed by atoms with E-state index in [0.29, 0.717) is 22.5 Å². The third kappa shape index (κ3) is 8.32. The minimum Gasteiger partial charge on any atom is -0.341 e. The summed E-state index contributed by atoms with van der Waals surface area (Å²) in [5.41, 5.74) is 4.93. The van der Waals surface area contributed by atoms with E-state index in [0.717, 1.165) is 38.8 Å². The van der Waals surface area contributed by atoms with Gasteiger partial charge in [-0.15, -0.1) is 11.8 Å². The zero-order valence-electron chi connectivity index (χ0n) is 29.6. The number of hydrogen-bond donors (Lipinski definition) is 3. The highest BCUT2D eigenvalue weighted by atomic mass is 32.2. The number of anilines is 2. The molecule has 272 valence electrons. The van der Waals surface area contributed by atoms with Crippen LogP contribution in [0.2, 0.25) is 0 Å². The zero-order chi connectivity index (χ0) is 38.3. The van der Waals surface area contributed by atoms with Gasteiger partial charge in [-0.1, -0.05) is 66.7 Å². The lowest BCUT2D eigenvalue weighted by Crippen LogP contribution is -2.30. The maximum atomic E-state index is 14.0. The second-order valence-electron chi connectivity index (χ2n) is 12.6. The second kappa shape index (κ2) is 16.4. The van der Waals surface area contributed by atoms with E-state index in [4.69, 9.17) is 0 Å². The number of para-hydroxylation sites is 1. The first-order valence-corrected chi connectivity index (χ1v) is 18.4. The third-order valence-corrected chi connectivity index (χ3v) is 10.3. The second-order valence-corrected chi connectivity index (χ2v) is 13.8. The summed E-state index contributed by atoms with van der Waals surface area (Å²) in [5, 5.41) is 21.4. The standard InChI is InChI=1S/C44H35N5O5S/c1-2-48-39-16-10-9-15-36(39)37-28-33(21-26-40(37)48)46-44(52)41(30-11-5-3-6-12-30)55-35-24-19-32(20-25-35)45-43(51)38(47-42(50)31-13-7-4-8-14-31)27-29-17-22-34(23-18-29)49(53)54/h3-28,41H,2H2,1H3,(H,45,51)(H,46,52)(H,47,50)/b38-27-. The minimum atomic E-state index is -0.594. The topological polar surface area (TPSA) is 135 Å². The van der Waals surface area contributed by atoms with Gasteiger partial charge in [-0.3, -0.25) is 24.5 Å². The molecule has 0 saturated heterocycles. The lowest BCUT2D eigenvalue weighted by atomic mass is 10.1. The molecule has 11 heteroatoms. The molecule has 0 aliphatic carbocycles. The number of nitro benzene ring substituents is 1. The Hall–Kier alpha value is -6.98. The van der Waals surface area contributed by atoms with Crippen LogP contribution in [0.1, 0.15) is 33.7 Å². The number of carbonyl (C=O) groups is 3. The molecular weight excluding hydrogens is 711 g/mol. The Kier molecular flexibility index (Phi) is 10.8. The zero-order valence-corrected chi connectivity index (χ0v) is 30.5. The number of aromatic nitrogens is 1. The van der Waals surface area contributed by atoms with Crippen LogP contribution in [0.15, 0.2) is 162 Å². The molecule has 1 unspecified atom stereocenters. The summed E-state index contributed by atoms with van der Waals surface area (Å²) < 4.78 is 2.27. The molecule has 3 N–H and O–H groups in total. The highest BCUT2D eigenvalue weighted by Gasteiger charge is 2.23. The summed E-state index contributed by atoms with van der Waals surface area (Å²) >= 11 is 1.38. The van der Waals surface area contributed by atoms with Crippen LogP contribution in [0.5, 0.6) is 0 Å². The van der Waals surface area contributed by atoms with Crippen LogP contribution in [-0.4, -0.2) is 27.2 Å². The van der Waals surface area contributed by atoms with Crippen LogP contribution >= 0.6 is 11.8 Å². The van der Waals surface area contributed by atoms with Gasteiger partial charge < -0.3 is 20.5 Å². The van der Waals surface area contributed by atoms with E-state index < -0.39 is 22.0 Å².